The molecule has 0 bridgehead atoms. The van der Waals surface area contributed by atoms with E-state index in [1.54, 1.807) is 6.92 Å². The first-order valence-corrected chi connectivity index (χ1v) is 6.44. The first kappa shape index (κ1) is 17.5. The smallest absolute Gasteiger partial charge is 0.305 e. The predicted molar refractivity (Wildman–Crippen MR) is 74.4 cm³/mol. The van der Waals surface area contributed by atoms with E-state index >= 15 is 0 Å². The number of primary amides is 1. The van der Waals surface area contributed by atoms with Gasteiger partial charge in [0.1, 0.15) is 12.6 Å². The minimum Gasteiger partial charge on any atom is -0.372 e. The van der Waals surface area contributed by atoms with Crippen LogP contribution in [0.25, 0.3) is 0 Å². The number of amides is 2. The molecule has 3 N–H and O–H groups in total. The molecule has 0 aliphatic carbocycles. The second-order valence-electron chi connectivity index (χ2n) is 4.41. The Morgan fingerprint density at radius 3 is 2.73 bits per heavy atom. The zero-order valence-electron chi connectivity index (χ0n) is 11.9. The van der Waals surface area contributed by atoms with Gasteiger partial charge < -0.3 is 15.8 Å². The Morgan fingerprint density at radius 1 is 1.50 bits per heavy atom. The van der Waals surface area contributed by atoms with Crippen LogP contribution in [0.4, 0.5) is 10.1 Å². The summed E-state index contributed by atoms with van der Waals surface area (Å²) in [6.45, 7) is 1.80. The molecule has 0 aliphatic rings. The Kier molecular flexibility index (Phi) is 6.39. The third-order valence-corrected chi connectivity index (χ3v) is 2.76. The summed E-state index contributed by atoms with van der Waals surface area (Å²) in [4.78, 5) is 32.7. The van der Waals surface area contributed by atoms with Gasteiger partial charge in [-0.15, -0.1) is 0 Å². The van der Waals surface area contributed by atoms with Crippen LogP contribution in [-0.4, -0.2) is 36.0 Å². The lowest BCUT2D eigenvalue weighted by Gasteiger charge is -2.15. The van der Waals surface area contributed by atoms with Crippen molar-refractivity contribution in [2.75, 3.05) is 13.2 Å². The molecule has 1 aromatic carbocycles. The maximum Gasteiger partial charge on any atom is 0.305 e. The molecule has 0 heterocycles. The largest absolute Gasteiger partial charge is 0.372 e. The molecule has 0 aliphatic heterocycles. The average molecular weight is 313 g/mol. The molecular weight excluding hydrogens is 297 g/mol. The summed E-state index contributed by atoms with van der Waals surface area (Å²) in [5.74, 6) is -2.33. The summed E-state index contributed by atoms with van der Waals surface area (Å²) >= 11 is 0. The van der Waals surface area contributed by atoms with Gasteiger partial charge in [-0.05, 0) is 18.6 Å². The van der Waals surface area contributed by atoms with Crippen LogP contribution in [0.2, 0.25) is 0 Å². The quantitative estimate of drug-likeness (QED) is 0.527. The first-order chi connectivity index (χ1) is 10.3. The summed E-state index contributed by atoms with van der Waals surface area (Å²) in [5, 5.41) is 13.0. The Labute approximate surface area is 125 Å². The van der Waals surface area contributed by atoms with Crippen LogP contribution in [0, 0.1) is 15.9 Å². The Bertz CT molecular complexity index is 579. The van der Waals surface area contributed by atoms with E-state index in [9.17, 15) is 24.1 Å². The fourth-order valence-corrected chi connectivity index (χ4v) is 1.71. The second kappa shape index (κ2) is 8.03. The topological polar surface area (TPSA) is 125 Å². The summed E-state index contributed by atoms with van der Waals surface area (Å²) in [6.07, 6.45) is -0.0890. The van der Waals surface area contributed by atoms with Crippen molar-refractivity contribution in [2.45, 2.75) is 19.4 Å². The Morgan fingerprint density at radius 2 is 2.18 bits per heavy atom. The van der Waals surface area contributed by atoms with Crippen molar-refractivity contribution >= 4 is 17.5 Å². The minimum absolute atomic E-state index is 0.0890. The van der Waals surface area contributed by atoms with Crippen LogP contribution < -0.4 is 11.1 Å². The van der Waals surface area contributed by atoms with Gasteiger partial charge in [-0.3, -0.25) is 19.7 Å². The van der Waals surface area contributed by atoms with Crippen molar-refractivity contribution in [3.63, 3.8) is 0 Å². The van der Waals surface area contributed by atoms with Crippen molar-refractivity contribution in [3.05, 3.63) is 39.7 Å². The van der Waals surface area contributed by atoms with E-state index in [0.717, 1.165) is 12.1 Å². The van der Waals surface area contributed by atoms with Gasteiger partial charge in [-0.25, -0.2) is 0 Å². The molecule has 0 aromatic heterocycles. The highest BCUT2D eigenvalue weighted by Gasteiger charge is 2.21. The standard InChI is InChI=1S/C13H16FN3O5/c1-2-22-7-12(18)16-10(13(15)19)5-8-3-4-9(14)11(6-8)17(20)21/h3-4,6,10H,2,5,7H2,1H3,(H2,15,19)(H,16,18)/t10-/m0/s1. The first-order valence-electron chi connectivity index (χ1n) is 6.44. The molecule has 9 heteroatoms. The zero-order valence-corrected chi connectivity index (χ0v) is 11.9. The second-order valence-corrected chi connectivity index (χ2v) is 4.41. The van der Waals surface area contributed by atoms with E-state index in [4.69, 9.17) is 10.5 Å². The maximum absolute atomic E-state index is 13.2. The molecule has 0 spiro atoms. The van der Waals surface area contributed by atoms with Crippen LogP contribution in [-0.2, 0) is 20.7 Å². The Balaban J connectivity index is 2.83. The monoisotopic (exact) mass is 313 g/mol. The van der Waals surface area contributed by atoms with E-state index in [2.05, 4.69) is 5.32 Å². The van der Waals surface area contributed by atoms with E-state index in [0.29, 0.717) is 12.2 Å². The van der Waals surface area contributed by atoms with Crippen LogP contribution in [0.1, 0.15) is 12.5 Å². The molecule has 0 fully saturated rings. The van der Waals surface area contributed by atoms with Crippen LogP contribution in [0.15, 0.2) is 18.2 Å². The lowest BCUT2D eigenvalue weighted by Crippen LogP contribution is -2.47. The van der Waals surface area contributed by atoms with Crippen molar-refractivity contribution in [2.24, 2.45) is 5.73 Å². The van der Waals surface area contributed by atoms with E-state index < -0.39 is 34.3 Å². The van der Waals surface area contributed by atoms with Crippen molar-refractivity contribution in [1.29, 1.82) is 0 Å². The fraction of sp³-hybridized carbons (Fsp3) is 0.385. The van der Waals surface area contributed by atoms with Gasteiger partial charge in [0, 0.05) is 19.1 Å². The summed E-state index contributed by atoms with van der Waals surface area (Å²) < 4.78 is 18.1. The number of rotatable bonds is 8. The SMILES string of the molecule is CCOCC(=O)N[C@@H](Cc1ccc(F)c([N+](=O)[O-])c1)C(N)=O. The normalized spacial score (nSPS) is 11.7. The van der Waals surface area contributed by atoms with Crippen molar-refractivity contribution < 1.29 is 23.6 Å². The molecule has 1 rings (SSSR count). The number of carbonyl (C=O) groups excluding carboxylic acids is 2. The lowest BCUT2D eigenvalue weighted by atomic mass is 10.0. The maximum atomic E-state index is 13.2. The number of ether oxygens (including phenoxy) is 1. The number of carbonyl (C=O) groups is 2. The van der Waals surface area contributed by atoms with Gasteiger partial charge in [-0.1, -0.05) is 6.07 Å². The van der Waals surface area contributed by atoms with Crippen molar-refractivity contribution in [3.8, 4) is 0 Å². The molecule has 22 heavy (non-hydrogen) atoms. The number of nitrogens with zero attached hydrogens (tertiary/aromatic N) is 1. The third-order valence-electron chi connectivity index (χ3n) is 2.76. The summed E-state index contributed by atoms with van der Waals surface area (Å²) in [5.41, 5.74) is 4.78. The molecule has 120 valence electrons. The van der Waals surface area contributed by atoms with Crippen LogP contribution in [0.5, 0.6) is 0 Å². The number of halogens is 1. The molecule has 2 amide bonds. The van der Waals surface area contributed by atoms with Gasteiger partial charge in [0.25, 0.3) is 0 Å². The molecule has 1 aromatic rings. The van der Waals surface area contributed by atoms with E-state index in [1.807, 2.05) is 0 Å². The van der Waals surface area contributed by atoms with Gasteiger partial charge >= 0.3 is 5.69 Å². The zero-order chi connectivity index (χ0) is 16.7. The molecule has 0 saturated carbocycles. The average Bonchev–Trinajstić information content (AvgIpc) is 2.45. The third kappa shape index (κ3) is 5.09. The molecule has 0 radical (unpaired) electrons. The van der Waals surface area contributed by atoms with Crippen LogP contribution >= 0.6 is 0 Å². The number of nitrogens with two attached hydrogens (primary N) is 1. The number of benzene rings is 1. The number of nitrogens with one attached hydrogen (secondary N) is 1. The van der Waals surface area contributed by atoms with Crippen molar-refractivity contribution in [1.82, 2.24) is 5.32 Å². The van der Waals surface area contributed by atoms with E-state index in [-0.39, 0.29) is 13.0 Å². The summed E-state index contributed by atoms with van der Waals surface area (Å²) in [6, 6.07) is 2.14. The van der Waals surface area contributed by atoms with Gasteiger partial charge in [-0.2, -0.15) is 4.39 Å². The fourth-order valence-electron chi connectivity index (χ4n) is 1.71. The number of hydrogen-bond acceptors (Lipinski definition) is 5. The van der Waals surface area contributed by atoms with Gasteiger partial charge in [0.05, 0.1) is 4.92 Å². The lowest BCUT2D eigenvalue weighted by molar-refractivity contribution is -0.387. The molecule has 1 atom stereocenters. The highest BCUT2D eigenvalue weighted by atomic mass is 19.1. The van der Waals surface area contributed by atoms with Gasteiger partial charge in [0.2, 0.25) is 17.6 Å². The number of hydrogen-bond donors (Lipinski definition) is 2. The Hall–Kier alpha value is -2.55. The minimum atomic E-state index is -1.07. The molecule has 0 saturated heterocycles. The molecule has 8 nitrogen and oxygen atoms in total. The highest BCUT2D eigenvalue weighted by Crippen LogP contribution is 2.19. The predicted octanol–water partition coefficient (Wildman–Crippen LogP) is 0.283. The number of nitro groups is 1. The van der Waals surface area contributed by atoms with Crippen LogP contribution in [0.3, 0.4) is 0 Å². The molecule has 0 unspecified atom stereocenters. The number of nitro benzene ring substituents is 1. The highest BCUT2D eigenvalue weighted by molar-refractivity contribution is 5.87. The van der Waals surface area contributed by atoms with E-state index in [1.165, 1.54) is 6.07 Å². The molecular formula is C13H16FN3O5. The van der Waals surface area contributed by atoms with Gasteiger partial charge in [0.15, 0.2) is 0 Å². The summed E-state index contributed by atoms with van der Waals surface area (Å²) in [7, 11) is 0.